The van der Waals surface area contributed by atoms with Gasteiger partial charge in [-0.15, -0.1) is 11.3 Å². The minimum atomic E-state index is -0.0633. The van der Waals surface area contributed by atoms with Crippen molar-refractivity contribution in [2.24, 2.45) is 0 Å². The highest BCUT2D eigenvalue weighted by molar-refractivity contribution is 7.10. The third kappa shape index (κ3) is 3.37. The number of likely N-dealkylation sites (N-methyl/N-ethyl adjacent to an activating group) is 1. The number of nitrogens with one attached hydrogen (secondary N) is 2. The molecule has 2 N–H and O–H groups in total. The molecular weight excluding hydrogens is 318 g/mol. The highest BCUT2D eigenvalue weighted by Crippen LogP contribution is 2.23. The number of benzene rings is 1. The van der Waals surface area contributed by atoms with E-state index in [1.165, 1.54) is 16.0 Å². The first-order valence-corrected chi connectivity index (χ1v) is 8.91. The Morgan fingerprint density at radius 1 is 1.29 bits per heavy atom. The first-order valence-electron chi connectivity index (χ1n) is 8.03. The first-order chi connectivity index (χ1) is 11.5. The fraction of sp³-hybridized carbons (Fsp3) is 0.316. The van der Waals surface area contributed by atoms with Crippen molar-refractivity contribution in [1.29, 1.82) is 0 Å². The largest absolute Gasteiger partial charge is 0.351 e. The average molecular weight is 341 g/mol. The van der Waals surface area contributed by atoms with E-state index >= 15 is 0 Å². The number of hydrogen-bond donors (Lipinski definition) is 2. The fourth-order valence-corrected chi connectivity index (χ4v) is 3.95. The highest BCUT2D eigenvalue weighted by Gasteiger charge is 2.17. The second-order valence-corrected chi connectivity index (χ2v) is 7.41. The van der Waals surface area contributed by atoms with Crippen molar-refractivity contribution in [2.75, 3.05) is 20.6 Å². The molecule has 0 radical (unpaired) electrons. The van der Waals surface area contributed by atoms with Crippen LogP contribution in [0.4, 0.5) is 0 Å². The molecule has 0 aliphatic rings. The van der Waals surface area contributed by atoms with Crippen LogP contribution in [0, 0.1) is 13.8 Å². The Bertz CT molecular complexity index is 849. The number of amides is 1. The second kappa shape index (κ2) is 6.79. The predicted molar refractivity (Wildman–Crippen MR) is 101 cm³/mol. The number of fused-ring (bicyclic) bond motifs is 1. The van der Waals surface area contributed by atoms with Crippen molar-refractivity contribution in [3.05, 3.63) is 57.4 Å². The monoisotopic (exact) mass is 341 g/mol. The summed E-state index contributed by atoms with van der Waals surface area (Å²) in [7, 11) is 4.07. The number of carbonyl (C=O) groups excluding carboxylic acids is 1. The minimum Gasteiger partial charge on any atom is -0.351 e. The van der Waals surface area contributed by atoms with Gasteiger partial charge in [-0.3, -0.25) is 4.79 Å². The van der Waals surface area contributed by atoms with Crippen LogP contribution in [0.15, 0.2) is 35.7 Å². The van der Waals surface area contributed by atoms with Gasteiger partial charge >= 0.3 is 0 Å². The molecule has 3 aromatic rings. The van der Waals surface area contributed by atoms with Gasteiger partial charge in [-0.25, -0.2) is 0 Å². The summed E-state index contributed by atoms with van der Waals surface area (Å²) in [5.74, 6) is -0.0633. The molecule has 126 valence electrons. The lowest BCUT2D eigenvalue weighted by Crippen LogP contribution is -2.34. The molecule has 1 atom stereocenters. The van der Waals surface area contributed by atoms with Gasteiger partial charge in [-0.2, -0.15) is 0 Å². The number of nitrogens with zero attached hydrogens (tertiary/aromatic N) is 1. The summed E-state index contributed by atoms with van der Waals surface area (Å²) in [5.41, 5.74) is 4.01. The first kappa shape index (κ1) is 16.7. The molecule has 24 heavy (non-hydrogen) atoms. The Kier molecular flexibility index (Phi) is 4.73. The van der Waals surface area contributed by atoms with Crippen molar-refractivity contribution in [1.82, 2.24) is 15.2 Å². The van der Waals surface area contributed by atoms with Crippen molar-refractivity contribution >= 4 is 28.1 Å². The molecule has 0 bridgehead atoms. The Morgan fingerprint density at radius 2 is 2.08 bits per heavy atom. The van der Waals surface area contributed by atoms with Crippen LogP contribution >= 0.6 is 11.3 Å². The lowest BCUT2D eigenvalue weighted by Gasteiger charge is -2.23. The van der Waals surface area contributed by atoms with E-state index < -0.39 is 0 Å². The lowest BCUT2D eigenvalue weighted by atomic mass is 10.1. The summed E-state index contributed by atoms with van der Waals surface area (Å²) in [5, 5.41) is 6.23. The lowest BCUT2D eigenvalue weighted by molar-refractivity contribution is 0.0938. The highest BCUT2D eigenvalue weighted by atomic mass is 32.1. The molecule has 4 nitrogen and oxygen atoms in total. The summed E-state index contributed by atoms with van der Waals surface area (Å²) >= 11 is 1.71. The molecule has 0 spiro atoms. The van der Waals surface area contributed by atoms with E-state index in [1.807, 2.05) is 26.2 Å². The predicted octanol–water partition coefficient (Wildman–Crippen LogP) is 3.88. The zero-order valence-corrected chi connectivity index (χ0v) is 15.3. The Balaban J connectivity index is 1.76. The summed E-state index contributed by atoms with van der Waals surface area (Å²) in [6.45, 7) is 4.72. The maximum absolute atomic E-state index is 12.5. The third-order valence-corrected chi connectivity index (χ3v) is 5.26. The van der Waals surface area contributed by atoms with Crippen molar-refractivity contribution < 1.29 is 4.79 Å². The van der Waals surface area contributed by atoms with Gasteiger partial charge in [0, 0.05) is 22.3 Å². The number of carbonyl (C=O) groups is 1. The second-order valence-electron chi connectivity index (χ2n) is 6.43. The van der Waals surface area contributed by atoms with Crippen LogP contribution in [0.3, 0.4) is 0 Å². The molecule has 0 fully saturated rings. The smallest absolute Gasteiger partial charge is 0.267 e. The van der Waals surface area contributed by atoms with Crippen LogP contribution in [0.5, 0.6) is 0 Å². The van der Waals surface area contributed by atoms with Crippen LogP contribution in [-0.4, -0.2) is 36.4 Å². The van der Waals surface area contributed by atoms with Crippen LogP contribution in [-0.2, 0) is 0 Å². The van der Waals surface area contributed by atoms with E-state index in [0.717, 1.165) is 10.9 Å². The molecule has 0 aliphatic heterocycles. The molecule has 5 heteroatoms. The van der Waals surface area contributed by atoms with Crippen LogP contribution < -0.4 is 5.32 Å². The van der Waals surface area contributed by atoms with E-state index in [4.69, 9.17) is 0 Å². The average Bonchev–Trinajstić information content (AvgIpc) is 3.16. The van der Waals surface area contributed by atoms with Gasteiger partial charge in [-0.05, 0) is 62.6 Å². The molecule has 2 aromatic heterocycles. The van der Waals surface area contributed by atoms with Gasteiger partial charge in [0.05, 0.1) is 6.04 Å². The SMILES string of the molecule is Cc1cc(C)c2cc(C(=O)NCC(c3cccs3)N(C)C)[nH]c2c1. The van der Waals surface area contributed by atoms with Gasteiger partial charge < -0.3 is 15.2 Å². The van der Waals surface area contributed by atoms with Gasteiger partial charge in [0.15, 0.2) is 0 Å². The number of thiophene rings is 1. The van der Waals surface area contributed by atoms with Crippen molar-refractivity contribution in [3.63, 3.8) is 0 Å². The van der Waals surface area contributed by atoms with Gasteiger partial charge in [0.25, 0.3) is 5.91 Å². The Morgan fingerprint density at radius 3 is 2.75 bits per heavy atom. The molecule has 1 unspecified atom stereocenters. The summed E-state index contributed by atoms with van der Waals surface area (Å²) in [6.07, 6.45) is 0. The maximum Gasteiger partial charge on any atom is 0.267 e. The van der Waals surface area contributed by atoms with E-state index in [1.54, 1.807) is 11.3 Å². The van der Waals surface area contributed by atoms with E-state index in [0.29, 0.717) is 12.2 Å². The number of aromatic nitrogens is 1. The number of aryl methyl sites for hydroxylation is 2. The van der Waals surface area contributed by atoms with Gasteiger partial charge in [0.1, 0.15) is 5.69 Å². The molecule has 0 aliphatic carbocycles. The zero-order chi connectivity index (χ0) is 17.3. The topological polar surface area (TPSA) is 48.1 Å². The number of rotatable bonds is 5. The minimum absolute atomic E-state index is 0.0633. The fourth-order valence-electron chi connectivity index (χ4n) is 3.02. The van der Waals surface area contributed by atoms with Crippen LogP contribution in [0.25, 0.3) is 10.9 Å². The molecule has 2 heterocycles. The van der Waals surface area contributed by atoms with E-state index in [9.17, 15) is 4.79 Å². The van der Waals surface area contributed by atoms with Crippen LogP contribution in [0.2, 0.25) is 0 Å². The van der Waals surface area contributed by atoms with Crippen molar-refractivity contribution in [2.45, 2.75) is 19.9 Å². The molecule has 1 aromatic carbocycles. The number of hydrogen-bond acceptors (Lipinski definition) is 3. The van der Waals surface area contributed by atoms with E-state index in [2.05, 4.69) is 52.6 Å². The third-order valence-electron chi connectivity index (χ3n) is 4.28. The number of aromatic amines is 1. The number of H-pyrrole nitrogens is 1. The Labute approximate surface area is 146 Å². The van der Waals surface area contributed by atoms with Crippen LogP contribution in [0.1, 0.15) is 32.5 Å². The quantitative estimate of drug-likeness (QED) is 0.740. The molecule has 0 saturated carbocycles. The molecule has 3 rings (SSSR count). The van der Waals surface area contributed by atoms with Crippen molar-refractivity contribution in [3.8, 4) is 0 Å². The molecule has 1 amide bonds. The van der Waals surface area contributed by atoms with Gasteiger partial charge in [0.2, 0.25) is 0 Å². The zero-order valence-electron chi connectivity index (χ0n) is 14.5. The maximum atomic E-state index is 12.5. The molecular formula is C19H23N3OS. The summed E-state index contributed by atoms with van der Waals surface area (Å²) < 4.78 is 0. The summed E-state index contributed by atoms with van der Waals surface area (Å²) in [6, 6.07) is 10.5. The summed E-state index contributed by atoms with van der Waals surface area (Å²) in [4.78, 5) is 19.2. The standard InChI is InChI=1S/C19H23N3OS/c1-12-8-13(2)14-10-16(21-15(14)9-12)19(23)20-11-17(22(3)4)18-6-5-7-24-18/h5-10,17,21H,11H2,1-4H3,(H,20,23). The Hall–Kier alpha value is -2.11. The molecule has 0 saturated heterocycles. The normalized spacial score (nSPS) is 12.7. The van der Waals surface area contributed by atoms with E-state index in [-0.39, 0.29) is 11.9 Å². The van der Waals surface area contributed by atoms with Gasteiger partial charge in [-0.1, -0.05) is 12.1 Å².